The van der Waals surface area contributed by atoms with Crippen LogP contribution < -0.4 is 4.90 Å². The Labute approximate surface area is 116 Å². The average Bonchev–Trinajstić information content (AvgIpc) is 2.48. The smallest absolute Gasteiger partial charge is 0.107 e. The van der Waals surface area contributed by atoms with Gasteiger partial charge < -0.3 is 10.0 Å². The van der Waals surface area contributed by atoms with E-state index in [4.69, 9.17) is 0 Å². The van der Waals surface area contributed by atoms with Gasteiger partial charge in [-0.1, -0.05) is 38.0 Å². The highest BCUT2D eigenvalue weighted by atomic mass is 16.3. The maximum Gasteiger partial charge on any atom is 0.107 e. The lowest BCUT2D eigenvalue weighted by Crippen LogP contribution is -2.50. The standard InChI is InChI=1S/C16H26N2O/c1-2-3-5-10-16(19)18-13-11-17(12-14-18)15-8-6-4-7-9-15/h4,6-9,16,19H,2-3,5,10-14H2,1H3. The largest absolute Gasteiger partial charge is 0.378 e. The van der Waals surface area contributed by atoms with E-state index in [-0.39, 0.29) is 6.23 Å². The predicted octanol–water partition coefficient (Wildman–Crippen LogP) is 2.71. The number of para-hydroxylation sites is 1. The highest BCUT2D eigenvalue weighted by molar-refractivity contribution is 5.46. The molecule has 1 unspecified atom stereocenters. The van der Waals surface area contributed by atoms with E-state index in [1.54, 1.807) is 0 Å². The van der Waals surface area contributed by atoms with Crippen LogP contribution in [-0.4, -0.2) is 42.4 Å². The first-order valence-electron chi connectivity index (χ1n) is 7.53. The molecule has 2 rings (SSSR count). The molecule has 0 saturated carbocycles. The molecular weight excluding hydrogens is 236 g/mol. The van der Waals surface area contributed by atoms with E-state index in [0.29, 0.717) is 0 Å². The van der Waals surface area contributed by atoms with Crippen molar-refractivity contribution in [3.05, 3.63) is 30.3 Å². The SMILES string of the molecule is CCCCCC(O)N1CCN(c2ccccc2)CC1. The number of unbranched alkanes of at least 4 members (excludes halogenated alkanes) is 2. The number of piperazine rings is 1. The molecule has 106 valence electrons. The number of hydrogen-bond donors (Lipinski definition) is 1. The fourth-order valence-electron chi connectivity index (χ4n) is 2.68. The molecule has 0 amide bonds. The Morgan fingerprint density at radius 1 is 1.05 bits per heavy atom. The third-order valence-corrected chi connectivity index (χ3v) is 3.92. The van der Waals surface area contributed by atoms with E-state index < -0.39 is 0 Å². The molecule has 1 aromatic carbocycles. The minimum Gasteiger partial charge on any atom is -0.378 e. The van der Waals surface area contributed by atoms with E-state index in [9.17, 15) is 5.11 Å². The number of aliphatic hydroxyl groups is 1. The molecule has 1 saturated heterocycles. The van der Waals surface area contributed by atoms with Crippen LogP contribution in [0.15, 0.2) is 30.3 Å². The molecule has 0 radical (unpaired) electrons. The lowest BCUT2D eigenvalue weighted by atomic mass is 10.1. The second-order valence-electron chi connectivity index (χ2n) is 5.33. The van der Waals surface area contributed by atoms with E-state index in [1.807, 2.05) is 0 Å². The first kappa shape index (κ1) is 14.4. The molecule has 19 heavy (non-hydrogen) atoms. The van der Waals surface area contributed by atoms with Crippen molar-refractivity contribution in [2.24, 2.45) is 0 Å². The van der Waals surface area contributed by atoms with Crippen molar-refractivity contribution in [2.45, 2.75) is 38.8 Å². The summed E-state index contributed by atoms with van der Waals surface area (Å²) in [5, 5.41) is 10.2. The van der Waals surface area contributed by atoms with Crippen LogP contribution in [0.1, 0.15) is 32.6 Å². The van der Waals surface area contributed by atoms with Crippen LogP contribution in [0, 0.1) is 0 Å². The van der Waals surface area contributed by atoms with Gasteiger partial charge in [-0.2, -0.15) is 0 Å². The number of benzene rings is 1. The molecule has 1 N–H and O–H groups in total. The number of aliphatic hydroxyl groups excluding tert-OH is 1. The molecule has 3 heteroatoms. The fraction of sp³-hybridized carbons (Fsp3) is 0.625. The molecule has 0 aliphatic carbocycles. The zero-order chi connectivity index (χ0) is 13.5. The molecule has 1 aliphatic rings. The molecule has 1 heterocycles. The van der Waals surface area contributed by atoms with Crippen molar-refractivity contribution in [1.29, 1.82) is 0 Å². The summed E-state index contributed by atoms with van der Waals surface area (Å²) < 4.78 is 0. The first-order valence-corrected chi connectivity index (χ1v) is 7.53. The highest BCUT2D eigenvalue weighted by Crippen LogP contribution is 2.17. The Balaban J connectivity index is 1.76. The molecule has 1 atom stereocenters. The molecule has 1 aliphatic heterocycles. The number of hydrogen-bond acceptors (Lipinski definition) is 3. The maximum atomic E-state index is 10.2. The second kappa shape index (κ2) is 7.51. The number of nitrogens with zero attached hydrogens (tertiary/aromatic N) is 2. The van der Waals surface area contributed by atoms with Crippen molar-refractivity contribution in [3.8, 4) is 0 Å². The molecule has 1 fully saturated rings. The van der Waals surface area contributed by atoms with Gasteiger partial charge in [0.15, 0.2) is 0 Å². The summed E-state index contributed by atoms with van der Waals surface area (Å²) >= 11 is 0. The molecule has 0 bridgehead atoms. The van der Waals surface area contributed by atoms with Crippen molar-refractivity contribution in [1.82, 2.24) is 4.90 Å². The average molecular weight is 262 g/mol. The first-order chi connectivity index (χ1) is 9.31. The summed E-state index contributed by atoms with van der Waals surface area (Å²) in [7, 11) is 0. The molecule has 0 spiro atoms. The number of rotatable bonds is 6. The Kier molecular flexibility index (Phi) is 5.67. The summed E-state index contributed by atoms with van der Waals surface area (Å²) in [5.41, 5.74) is 1.29. The maximum absolute atomic E-state index is 10.2. The summed E-state index contributed by atoms with van der Waals surface area (Å²) in [5.74, 6) is 0. The zero-order valence-corrected chi connectivity index (χ0v) is 12.0. The summed E-state index contributed by atoms with van der Waals surface area (Å²) in [6.45, 7) is 6.14. The van der Waals surface area contributed by atoms with Gasteiger partial charge in [-0.15, -0.1) is 0 Å². The van der Waals surface area contributed by atoms with Crippen LogP contribution in [-0.2, 0) is 0 Å². The van der Waals surface area contributed by atoms with Crippen molar-refractivity contribution < 1.29 is 5.11 Å². The van der Waals surface area contributed by atoms with Crippen LogP contribution in [0.3, 0.4) is 0 Å². The normalized spacial score (nSPS) is 18.5. The van der Waals surface area contributed by atoms with Crippen LogP contribution >= 0.6 is 0 Å². The lowest BCUT2D eigenvalue weighted by molar-refractivity contribution is -0.00706. The van der Waals surface area contributed by atoms with Gasteiger partial charge >= 0.3 is 0 Å². The monoisotopic (exact) mass is 262 g/mol. The van der Waals surface area contributed by atoms with Crippen LogP contribution in [0.4, 0.5) is 5.69 Å². The Morgan fingerprint density at radius 2 is 1.74 bits per heavy atom. The highest BCUT2D eigenvalue weighted by Gasteiger charge is 2.21. The summed E-state index contributed by atoms with van der Waals surface area (Å²) in [6, 6.07) is 10.5. The Bertz CT molecular complexity index is 347. The fourth-order valence-corrected chi connectivity index (χ4v) is 2.68. The third-order valence-electron chi connectivity index (χ3n) is 3.92. The predicted molar refractivity (Wildman–Crippen MR) is 80.4 cm³/mol. The topological polar surface area (TPSA) is 26.7 Å². The van der Waals surface area contributed by atoms with Crippen LogP contribution in [0.2, 0.25) is 0 Å². The van der Waals surface area contributed by atoms with Gasteiger partial charge in [0.05, 0.1) is 0 Å². The van der Waals surface area contributed by atoms with Gasteiger partial charge in [-0.3, -0.25) is 4.90 Å². The van der Waals surface area contributed by atoms with Gasteiger partial charge in [-0.25, -0.2) is 0 Å². The van der Waals surface area contributed by atoms with Gasteiger partial charge in [0, 0.05) is 31.9 Å². The summed E-state index contributed by atoms with van der Waals surface area (Å²) in [4.78, 5) is 4.62. The summed E-state index contributed by atoms with van der Waals surface area (Å²) in [6.07, 6.45) is 4.25. The zero-order valence-electron chi connectivity index (χ0n) is 12.0. The van der Waals surface area contributed by atoms with Crippen molar-refractivity contribution in [3.63, 3.8) is 0 Å². The van der Waals surface area contributed by atoms with Crippen molar-refractivity contribution >= 4 is 5.69 Å². The molecule has 1 aromatic rings. The van der Waals surface area contributed by atoms with E-state index in [1.165, 1.54) is 18.5 Å². The van der Waals surface area contributed by atoms with E-state index in [2.05, 4.69) is 47.1 Å². The molecular formula is C16H26N2O. The lowest BCUT2D eigenvalue weighted by Gasteiger charge is -2.38. The van der Waals surface area contributed by atoms with Gasteiger partial charge in [-0.05, 0) is 25.0 Å². The minimum absolute atomic E-state index is 0.246. The third kappa shape index (κ3) is 4.22. The number of anilines is 1. The molecule has 0 aromatic heterocycles. The van der Waals surface area contributed by atoms with Gasteiger partial charge in [0.25, 0.3) is 0 Å². The Morgan fingerprint density at radius 3 is 2.37 bits per heavy atom. The molecule has 3 nitrogen and oxygen atoms in total. The second-order valence-corrected chi connectivity index (χ2v) is 5.33. The van der Waals surface area contributed by atoms with E-state index >= 15 is 0 Å². The Hall–Kier alpha value is -1.06. The van der Waals surface area contributed by atoms with Gasteiger partial charge in [0.1, 0.15) is 6.23 Å². The quantitative estimate of drug-likeness (QED) is 0.799. The van der Waals surface area contributed by atoms with E-state index in [0.717, 1.165) is 39.0 Å². The van der Waals surface area contributed by atoms with Crippen molar-refractivity contribution in [2.75, 3.05) is 31.1 Å². The van der Waals surface area contributed by atoms with Crippen LogP contribution in [0.5, 0.6) is 0 Å². The van der Waals surface area contributed by atoms with Crippen LogP contribution in [0.25, 0.3) is 0 Å². The minimum atomic E-state index is -0.246. The van der Waals surface area contributed by atoms with Gasteiger partial charge in [0.2, 0.25) is 0 Å².